The summed E-state index contributed by atoms with van der Waals surface area (Å²) < 4.78 is 15.0. The third-order valence-corrected chi connectivity index (χ3v) is 1.82. The largest absolute Gasteiger partial charge is 0.460 e. The molecule has 19 heavy (non-hydrogen) atoms. The zero-order valence-electron chi connectivity index (χ0n) is 12.0. The van der Waals surface area contributed by atoms with Crippen molar-refractivity contribution in [3.05, 3.63) is 24.3 Å². The molecule has 0 unspecified atom stereocenters. The topological polar surface area (TPSA) is 61.8 Å². The van der Waals surface area contributed by atoms with Gasteiger partial charge in [-0.3, -0.25) is 0 Å². The monoisotopic (exact) mass is 270 g/mol. The predicted molar refractivity (Wildman–Crippen MR) is 71.6 cm³/mol. The molecule has 0 N–H and O–H groups in total. The van der Waals surface area contributed by atoms with Crippen molar-refractivity contribution in [3.63, 3.8) is 0 Å². The Labute approximate surface area is 114 Å². The van der Waals surface area contributed by atoms with Crippen molar-refractivity contribution in [1.29, 1.82) is 0 Å². The van der Waals surface area contributed by atoms with E-state index in [2.05, 4.69) is 13.2 Å². The van der Waals surface area contributed by atoms with Gasteiger partial charge in [-0.05, 0) is 27.7 Å². The fourth-order valence-electron chi connectivity index (χ4n) is 1.01. The van der Waals surface area contributed by atoms with E-state index < -0.39 is 11.9 Å². The molecule has 0 saturated carbocycles. The normalized spacial score (nSPS) is 10.4. The molecule has 0 aliphatic heterocycles. The lowest BCUT2D eigenvalue weighted by Gasteiger charge is -2.12. The van der Waals surface area contributed by atoms with Crippen molar-refractivity contribution >= 4 is 11.9 Å². The Hall–Kier alpha value is -1.62. The van der Waals surface area contributed by atoms with Gasteiger partial charge in [0.2, 0.25) is 0 Å². The first-order valence-corrected chi connectivity index (χ1v) is 6.09. The molecule has 0 bridgehead atoms. The summed E-state index contributed by atoms with van der Waals surface area (Å²) in [5, 5.41) is 0. The number of carbonyl (C=O) groups excluding carboxylic acids is 2. The summed E-state index contributed by atoms with van der Waals surface area (Å²) in [5.74, 6) is -1.02. The van der Waals surface area contributed by atoms with E-state index >= 15 is 0 Å². The van der Waals surface area contributed by atoms with Crippen LogP contribution >= 0.6 is 0 Å². The fourth-order valence-corrected chi connectivity index (χ4v) is 1.01. The van der Waals surface area contributed by atoms with Crippen LogP contribution in [0.3, 0.4) is 0 Å². The Morgan fingerprint density at radius 3 is 1.42 bits per heavy atom. The van der Waals surface area contributed by atoms with Gasteiger partial charge < -0.3 is 14.2 Å². The summed E-state index contributed by atoms with van der Waals surface area (Å²) in [6.45, 7) is 14.1. The van der Waals surface area contributed by atoms with Gasteiger partial charge in [0, 0.05) is 0 Å². The standard InChI is InChI=1S/C14H22O5/c1-9(2)18-13(15)11(5)7-17-8-12(6)14(16)19-10(3)4/h9-10H,5-8H2,1-4H3. The molecule has 0 atom stereocenters. The van der Waals surface area contributed by atoms with E-state index in [4.69, 9.17) is 14.2 Å². The first-order valence-electron chi connectivity index (χ1n) is 6.09. The van der Waals surface area contributed by atoms with Gasteiger partial charge in [-0.25, -0.2) is 9.59 Å². The van der Waals surface area contributed by atoms with Gasteiger partial charge in [0.15, 0.2) is 0 Å². The second-order valence-electron chi connectivity index (χ2n) is 4.61. The number of carbonyl (C=O) groups is 2. The average molecular weight is 270 g/mol. The third-order valence-electron chi connectivity index (χ3n) is 1.82. The van der Waals surface area contributed by atoms with Gasteiger partial charge in [-0.2, -0.15) is 0 Å². The van der Waals surface area contributed by atoms with Gasteiger partial charge in [-0.15, -0.1) is 0 Å². The van der Waals surface area contributed by atoms with E-state index in [1.165, 1.54) is 0 Å². The SMILES string of the molecule is C=C(COCC(=C)C(=O)OC(C)C)C(=O)OC(C)C. The van der Waals surface area contributed by atoms with Crippen molar-refractivity contribution in [2.24, 2.45) is 0 Å². The van der Waals surface area contributed by atoms with E-state index in [0.29, 0.717) is 0 Å². The molecule has 0 aromatic carbocycles. The Balaban J connectivity index is 3.97. The van der Waals surface area contributed by atoms with Crippen LogP contribution in [0.15, 0.2) is 24.3 Å². The van der Waals surface area contributed by atoms with Gasteiger partial charge in [-0.1, -0.05) is 13.2 Å². The summed E-state index contributed by atoms with van der Waals surface area (Å²) in [4.78, 5) is 22.8. The third kappa shape index (κ3) is 8.15. The maximum Gasteiger partial charge on any atom is 0.336 e. The predicted octanol–water partition coefficient (Wildman–Crippen LogP) is 2.02. The van der Waals surface area contributed by atoms with Crippen LogP contribution < -0.4 is 0 Å². The summed E-state index contributed by atoms with van der Waals surface area (Å²) >= 11 is 0. The minimum atomic E-state index is -0.509. The summed E-state index contributed by atoms with van der Waals surface area (Å²) in [6, 6.07) is 0. The molecule has 0 amide bonds. The molecule has 0 radical (unpaired) electrons. The van der Waals surface area contributed by atoms with Crippen molar-refractivity contribution in [1.82, 2.24) is 0 Å². The molecule has 5 nitrogen and oxygen atoms in total. The van der Waals surface area contributed by atoms with E-state index in [-0.39, 0.29) is 36.6 Å². The number of hydrogen-bond donors (Lipinski definition) is 0. The minimum Gasteiger partial charge on any atom is -0.460 e. The van der Waals surface area contributed by atoms with Gasteiger partial charge in [0.05, 0.1) is 36.6 Å². The second-order valence-corrected chi connectivity index (χ2v) is 4.61. The van der Waals surface area contributed by atoms with E-state index in [1.54, 1.807) is 27.7 Å². The smallest absolute Gasteiger partial charge is 0.336 e. The molecule has 0 saturated heterocycles. The Morgan fingerprint density at radius 1 is 0.842 bits per heavy atom. The lowest BCUT2D eigenvalue weighted by molar-refractivity contribution is -0.143. The van der Waals surface area contributed by atoms with Crippen LogP contribution in [-0.4, -0.2) is 37.4 Å². The molecule has 108 valence electrons. The summed E-state index contributed by atoms with van der Waals surface area (Å²) in [6.07, 6.45) is -0.416. The number of hydrogen-bond acceptors (Lipinski definition) is 5. The maximum absolute atomic E-state index is 11.4. The van der Waals surface area contributed by atoms with E-state index in [9.17, 15) is 9.59 Å². The van der Waals surface area contributed by atoms with Crippen LogP contribution in [0.5, 0.6) is 0 Å². The van der Waals surface area contributed by atoms with E-state index in [0.717, 1.165) is 0 Å². The van der Waals surface area contributed by atoms with Crippen LogP contribution in [0.25, 0.3) is 0 Å². The minimum absolute atomic E-state index is 0.0144. The molecule has 0 aliphatic carbocycles. The molecule has 0 aliphatic rings. The van der Waals surface area contributed by atoms with Crippen molar-refractivity contribution in [2.75, 3.05) is 13.2 Å². The molecule has 0 aromatic rings. The summed E-state index contributed by atoms with van der Waals surface area (Å²) in [5.41, 5.74) is 0.387. The van der Waals surface area contributed by atoms with Crippen molar-refractivity contribution in [2.45, 2.75) is 39.9 Å². The molecule has 0 fully saturated rings. The van der Waals surface area contributed by atoms with Crippen LogP contribution in [0.1, 0.15) is 27.7 Å². The first kappa shape index (κ1) is 17.4. The Bertz CT molecular complexity index is 321. The highest BCUT2D eigenvalue weighted by atomic mass is 16.6. The lowest BCUT2D eigenvalue weighted by atomic mass is 10.3. The molecule has 0 heterocycles. The van der Waals surface area contributed by atoms with Gasteiger partial charge >= 0.3 is 11.9 Å². The number of ether oxygens (including phenoxy) is 3. The highest BCUT2D eigenvalue weighted by Gasteiger charge is 2.13. The van der Waals surface area contributed by atoms with Gasteiger partial charge in [0.25, 0.3) is 0 Å². The fraction of sp³-hybridized carbons (Fsp3) is 0.571. The average Bonchev–Trinajstić information content (AvgIpc) is 2.26. The number of rotatable bonds is 8. The molecule has 5 heteroatoms. The van der Waals surface area contributed by atoms with Crippen molar-refractivity contribution in [3.8, 4) is 0 Å². The maximum atomic E-state index is 11.4. The van der Waals surface area contributed by atoms with Crippen LogP contribution in [0, 0.1) is 0 Å². The Morgan fingerprint density at radius 2 is 1.16 bits per heavy atom. The molecular formula is C14H22O5. The quantitative estimate of drug-likeness (QED) is 0.499. The molecule has 0 aromatic heterocycles. The second kappa shape index (κ2) is 8.48. The zero-order chi connectivity index (χ0) is 15.0. The summed E-state index contributed by atoms with van der Waals surface area (Å²) in [7, 11) is 0. The molecular weight excluding hydrogens is 248 g/mol. The van der Waals surface area contributed by atoms with Crippen LogP contribution in [0.2, 0.25) is 0 Å². The Kier molecular flexibility index (Phi) is 7.75. The first-order chi connectivity index (χ1) is 8.73. The van der Waals surface area contributed by atoms with Gasteiger partial charge in [0.1, 0.15) is 0 Å². The van der Waals surface area contributed by atoms with Crippen molar-refractivity contribution < 1.29 is 23.8 Å². The highest BCUT2D eigenvalue weighted by Crippen LogP contribution is 2.03. The van der Waals surface area contributed by atoms with Crippen LogP contribution in [0.4, 0.5) is 0 Å². The lowest BCUT2D eigenvalue weighted by Crippen LogP contribution is -2.19. The van der Waals surface area contributed by atoms with Crippen LogP contribution in [-0.2, 0) is 23.8 Å². The molecule has 0 spiro atoms. The zero-order valence-corrected chi connectivity index (χ0v) is 12.0. The highest BCUT2D eigenvalue weighted by molar-refractivity contribution is 5.88. The molecule has 0 rings (SSSR count). The number of esters is 2. The van der Waals surface area contributed by atoms with E-state index in [1.807, 2.05) is 0 Å².